The van der Waals surface area contributed by atoms with E-state index in [-0.39, 0.29) is 95.3 Å². The third-order valence-electron chi connectivity index (χ3n) is 17.0. The predicted molar refractivity (Wildman–Crippen MR) is 363 cm³/mol. The van der Waals surface area contributed by atoms with Gasteiger partial charge in [0.05, 0.1) is 132 Å². The molecule has 0 atom stereocenters. The average molecular weight is 1250 g/mol. The van der Waals surface area contributed by atoms with Crippen molar-refractivity contribution >= 4 is 77.7 Å². The normalized spacial score (nSPS) is 10.8. The van der Waals surface area contributed by atoms with Crippen LogP contribution in [0.3, 0.4) is 0 Å². The van der Waals surface area contributed by atoms with Crippen LogP contribution in [0.15, 0.2) is 182 Å². The molecule has 0 saturated carbocycles. The van der Waals surface area contributed by atoms with E-state index in [0.29, 0.717) is 99.5 Å². The van der Waals surface area contributed by atoms with Crippen LogP contribution in [0.1, 0.15) is 44.5 Å². The Morgan fingerprint density at radius 3 is 1.20 bits per heavy atom. The maximum absolute atomic E-state index is 14.8. The van der Waals surface area contributed by atoms with Gasteiger partial charge in [0.2, 0.25) is 0 Å². The number of hydrogen-bond acceptors (Lipinski definition) is 6. The van der Waals surface area contributed by atoms with E-state index in [2.05, 4.69) is 53.3 Å². The first-order valence-electron chi connectivity index (χ1n) is 29.1. The van der Waals surface area contributed by atoms with Gasteiger partial charge in [-0.3, -0.25) is 0 Å². The summed E-state index contributed by atoms with van der Waals surface area (Å²) in [6, 6.07) is 62.2. The van der Waals surface area contributed by atoms with Crippen molar-refractivity contribution in [3.05, 3.63) is 295 Å². The maximum atomic E-state index is 14.8. The fraction of sp³-hybridized carbons (Fsp3) is 0.0250. The van der Waals surface area contributed by atoms with E-state index >= 15 is 0 Å². The summed E-state index contributed by atoms with van der Waals surface area (Å²) < 4.78 is 48.4. The van der Waals surface area contributed by atoms with Crippen LogP contribution in [0.5, 0.6) is 0 Å². The Morgan fingerprint density at radius 1 is 0.340 bits per heavy atom. The quantitative estimate of drug-likeness (QED) is 0.137. The molecule has 97 heavy (non-hydrogen) atoms. The largest absolute Gasteiger partial charge is 0.416 e. The van der Waals surface area contributed by atoms with Crippen molar-refractivity contribution in [1.29, 1.82) is 31.6 Å². The second-order valence-corrected chi connectivity index (χ2v) is 22.4. The highest BCUT2D eigenvalue weighted by molar-refractivity contribution is 6.15. The van der Waals surface area contributed by atoms with Crippen molar-refractivity contribution in [3.63, 3.8) is 0 Å². The van der Waals surface area contributed by atoms with Crippen LogP contribution in [0.4, 0.5) is 47.3 Å². The number of aromatic nitrogens is 2. The second-order valence-electron chi connectivity index (χ2n) is 22.4. The van der Waals surface area contributed by atoms with Gasteiger partial charge in [0.1, 0.15) is 0 Å². The number of halogens is 3. The molecule has 0 spiro atoms. The number of benzene rings is 11. The van der Waals surface area contributed by atoms with Gasteiger partial charge in [0.25, 0.3) is 0 Å². The molecule has 13 rings (SSSR count). The predicted octanol–water partition coefficient (Wildman–Crippen LogP) is 21.7. The lowest BCUT2D eigenvalue weighted by molar-refractivity contribution is -0.137. The molecule has 2 aromatic heterocycles. The molecule has 2 heterocycles. The lowest BCUT2D eigenvalue weighted by Crippen LogP contribution is -2.05. The highest BCUT2D eigenvalue weighted by Gasteiger charge is 2.32. The standard InChI is InChI=1S/C80H33F3N14/c1-44-22-52(28-57(23-44)80(81,82)83)47-12-17-61(75(36-47)97-73-18-13-48(76-54(41-87)29-58(90-2)30-55(76)42-88)32-62(73)64-34-50(15-20-74(64)97)78-56(43-89)31-59(91-3)37-69(78)95-7)60-10-8-9-11-70(60)96-71-19-14-49(77-53(40-86)24-45(38-84)25-66(77)92-4)33-63(71)65-35-51(16-21-72(65)96)79-67(93-5)26-46(39-85)27-68(79)94-6/h8-37H,1H3. The number of hydrogen-bond donors (Lipinski definition) is 0. The summed E-state index contributed by atoms with van der Waals surface area (Å²) in [6.45, 7) is 49.9. The zero-order valence-electron chi connectivity index (χ0n) is 50.2. The van der Waals surface area contributed by atoms with Gasteiger partial charge in [-0.25, -0.2) is 29.1 Å². The molecule has 17 heteroatoms. The second kappa shape index (κ2) is 23.8. The molecule has 0 fully saturated rings. The number of para-hydroxylation sites is 1. The van der Waals surface area contributed by atoms with Crippen LogP contribution < -0.4 is 0 Å². The maximum Gasteiger partial charge on any atom is 0.416 e. The van der Waals surface area contributed by atoms with E-state index in [4.69, 9.17) is 39.4 Å². The zero-order valence-corrected chi connectivity index (χ0v) is 50.2. The molecule has 0 aliphatic heterocycles. The van der Waals surface area contributed by atoms with Crippen LogP contribution in [0.25, 0.3) is 151 Å². The minimum absolute atomic E-state index is 0.0383. The summed E-state index contributed by atoms with van der Waals surface area (Å²) in [4.78, 5) is 22.0. The van der Waals surface area contributed by atoms with E-state index in [1.807, 2.05) is 75.9 Å². The molecule has 0 N–H and O–H groups in total. The first-order chi connectivity index (χ1) is 47.0. The van der Waals surface area contributed by atoms with Crippen molar-refractivity contribution in [1.82, 2.24) is 9.13 Å². The fourth-order valence-electron chi connectivity index (χ4n) is 13.0. The first kappa shape index (κ1) is 60.6. The molecular weight excluding hydrogens is 1210 g/mol. The molecule has 0 aliphatic rings. The SMILES string of the molecule is [C-]#[N+]c1cc(C#N)c(-c2ccc3c(c2)c2cc(-c4c(C#N)cc([N+]#[C-])cc4[N+]#[C-])ccc2n3-c2cc(-c3cc(C)cc(C(F)(F)F)c3)ccc2-c2ccccc2-n2c3ccc(-c4c(C#N)cc(C#N)cc4[N+]#[C-])cc3c3cc(-c4c([N+]#[C-])cc(C#N)cc4[N+]#[C-])ccc32)c(C#N)c1. The summed E-state index contributed by atoms with van der Waals surface area (Å²) in [6.07, 6.45) is -4.71. The van der Waals surface area contributed by atoms with Gasteiger partial charge >= 0.3 is 6.18 Å². The third kappa shape index (κ3) is 10.1. The number of rotatable bonds is 8. The summed E-state index contributed by atoms with van der Waals surface area (Å²) in [7, 11) is 0. The highest BCUT2D eigenvalue weighted by Crippen LogP contribution is 2.49. The zero-order chi connectivity index (χ0) is 68.1. The molecular formula is C80H33F3N14. The number of fused-ring (bicyclic) bond motifs is 6. The summed E-state index contributed by atoms with van der Waals surface area (Å²) >= 11 is 0. The van der Waals surface area contributed by atoms with Crippen LogP contribution in [0.2, 0.25) is 0 Å². The molecule has 0 unspecified atom stereocenters. The Bertz CT molecular complexity index is 5870. The molecule has 0 radical (unpaired) electrons. The molecule has 13 aromatic rings. The lowest BCUT2D eigenvalue weighted by Gasteiger charge is -2.20. The van der Waals surface area contributed by atoms with Crippen LogP contribution >= 0.6 is 0 Å². The minimum Gasteiger partial charge on any atom is -0.309 e. The van der Waals surface area contributed by atoms with E-state index in [0.717, 1.165) is 12.1 Å². The van der Waals surface area contributed by atoms with E-state index in [1.54, 1.807) is 73.7 Å². The third-order valence-corrected chi connectivity index (χ3v) is 17.0. The van der Waals surface area contributed by atoms with E-state index in [9.17, 15) is 44.7 Å². The summed E-state index contributed by atoms with van der Waals surface area (Å²) in [5.74, 6) is 0. The van der Waals surface area contributed by atoms with Gasteiger partial charge in [-0.15, -0.1) is 0 Å². The highest BCUT2D eigenvalue weighted by atomic mass is 19.4. The molecule has 0 saturated heterocycles. The van der Waals surface area contributed by atoms with Crippen molar-refractivity contribution in [2.75, 3.05) is 0 Å². The van der Waals surface area contributed by atoms with Crippen LogP contribution in [0, 0.1) is 114 Å². The van der Waals surface area contributed by atoms with E-state index in [1.165, 1.54) is 48.5 Å². The first-order valence-corrected chi connectivity index (χ1v) is 29.1. The molecule has 11 aromatic carbocycles. The smallest absolute Gasteiger partial charge is 0.309 e. The van der Waals surface area contributed by atoms with Crippen molar-refractivity contribution in [2.24, 2.45) is 0 Å². The van der Waals surface area contributed by atoms with E-state index < -0.39 is 11.7 Å². The topological polar surface area (TPSA) is 179 Å². The van der Waals surface area contributed by atoms with Gasteiger partial charge in [-0.05, 0) is 167 Å². The lowest BCUT2D eigenvalue weighted by atomic mass is 9.93. The van der Waals surface area contributed by atoms with Crippen LogP contribution in [-0.2, 0) is 6.18 Å². The number of alkyl halides is 3. The van der Waals surface area contributed by atoms with Gasteiger partial charge in [0.15, 0.2) is 34.1 Å². The number of nitrogens with zero attached hydrogens (tertiary/aromatic N) is 14. The Labute approximate surface area is 551 Å². The van der Waals surface area contributed by atoms with Gasteiger partial charge in [-0.2, -0.15) is 44.7 Å². The molecule has 0 amide bonds. The number of aryl methyl sites for hydroxylation is 1. The Morgan fingerprint density at radius 2 is 0.732 bits per heavy atom. The Balaban J connectivity index is 1.15. The van der Waals surface area contributed by atoms with Crippen molar-refractivity contribution < 1.29 is 13.2 Å². The fourth-order valence-corrected chi connectivity index (χ4v) is 13.0. The average Bonchev–Trinajstić information content (AvgIpc) is 1.59. The van der Waals surface area contributed by atoms with Gasteiger partial charge in [-0.1, -0.05) is 66.7 Å². The van der Waals surface area contributed by atoms with Crippen molar-refractivity contribution in [2.45, 2.75) is 13.1 Å². The summed E-state index contributed by atoms with van der Waals surface area (Å²) in [5.41, 5.74) is 8.23. The minimum atomic E-state index is -4.71. The molecule has 0 aliphatic carbocycles. The summed E-state index contributed by atoms with van der Waals surface area (Å²) in [5, 5.41) is 64.3. The van der Waals surface area contributed by atoms with Crippen molar-refractivity contribution in [3.8, 4) is 115 Å². The Kier molecular flexibility index (Phi) is 14.9. The van der Waals surface area contributed by atoms with Gasteiger partial charge < -0.3 is 9.13 Å². The van der Waals surface area contributed by atoms with Crippen LogP contribution in [-0.4, -0.2) is 9.13 Å². The Hall–Kier alpha value is -15.3. The molecule has 444 valence electrons. The van der Waals surface area contributed by atoms with Gasteiger partial charge in [0, 0.05) is 66.1 Å². The number of nitriles is 6. The molecule has 14 nitrogen and oxygen atoms in total. The molecule has 0 bridgehead atoms. The monoisotopic (exact) mass is 1250 g/mol.